The lowest BCUT2D eigenvalue weighted by atomic mass is 9.82. The van der Waals surface area contributed by atoms with Gasteiger partial charge in [0, 0.05) is 0 Å². The first-order valence-corrected chi connectivity index (χ1v) is 8.43. The minimum Gasteiger partial charge on any atom is -0.0984 e. The normalized spacial score (nSPS) is 12.8. The predicted molar refractivity (Wildman–Crippen MR) is 107 cm³/mol. The highest BCUT2D eigenvalue weighted by molar-refractivity contribution is 6.03. The summed E-state index contributed by atoms with van der Waals surface area (Å²) in [6, 6.07) is 17.3. The molecule has 116 valence electrons. The van der Waals surface area contributed by atoms with Crippen LogP contribution in [0.2, 0.25) is 0 Å². The third-order valence-corrected chi connectivity index (χ3v) is 4.89. The summed E-state index contributed by atoms with van der Waals surface area (Å²) in [5.74, 6) is 0. The SMILES string of the molecule is C=Cc1ccc2c(c1-c1c(C=C)ccc3ccccc13)CCC=C2. The second kappa shape index (κ2) is 5.98. The van der Waals surface area contributed by atoms with Gasteiger partial charge < -0.3 is 0 Å². The predicted octanol–water partition coefficient (Wildman–Crippen LogP) is 6.75. The number of benzene rings is 3. The van der Waals surface area contributed by atoms with Gasteiger partial charge in [0.05, 0.1) is 0 Å². The van der Waals surface area contributed by atoms with Gasteiger partial charge in [-0.2, -0.15) is 0 Å². The fourth-order valence-corrected chi connectivity index (χ4v) is 3.75. The van der Waals surface area contributed by atoms with Gasteiger partial charge in [0.2, 0.25) is 0 Å². The van der Waals surface area contributed by atoms with Gasteiger partial charge in [-0.25, -0.2) is 0 Å². The first-order chi connectivity index (χ1) is 11.8. The number of allylic oxidation sites excluding steroid dienone is 1. The van der Waals surface area contributed by atoms with Crippen LogP contribution < -0.4 is 0 Å². The molecule has 0 saturated heterocycles. The Morgan fingerprint density at radius 1 is 0.792 bits per heavy atom. The largest absolute Gasteiger partial charge is 0.0984 e. The Kier molecular flexibility index (Phi) is 3.66. The summed E-state index contributed by atoms with van der Waals surface area (Å²) in [6.45, 7) is 8.11. The van der Waals surface area contributed by atoms with E-state index in [2.05, 4.69) is 73.8 Å². The highest BCUT2D eigenvalue weighted by Gasteiger charge is 2.18. The average molecular weight is 308 g/mol. The minimum absolute atomic E-state index is 1.07. The molecule has 0 radical (unpaired) electrons. The van der Waals surface area contributed by atoms with Crippen LogP contribution in [-0.2, 0) is 6.42 Å². The van der Waals surface area contributed by atoms with Crippen molar-refractivity contribution < 1.29 is 0 Å². The summed E-state index contributed by atoms with van der Waals surface area (Å²) >= 11 is 0. The zero-order valence-electron chi connectivity index (χ0n) is 13.8. The second-order valence-corrected chi connectivity index (χ2v) is 6.20. The monoisotopic (exact) mass is 308 g/mol. The quantitative estimate of drug-likeness (QED) is 0.502. The zero-order valence-corrected chi connectivity index (χ0v) is 13.8. The summed E-state index contributed by atoms with van der Waals surface area (Å²) in [7, 11) is 0. The molecule has 0 saturated carbocycles. The van der Waals surface area contributed by atoms with Gasteiger partial charge in [0.15, 0.2) is 0 Å². The van der Waals surface area contributed by atoms with Crippen LogP contribution in [0.15, 0.2) is 67.8 Å². The number of fused-ring (bicyclic) bond motifs is 2. The molecule has 0 aliphatic heterocycles. The summed E-state index contributed by atoms with van der Waals surface area (Å²) < 4.78 is 0. The van der Waals surface area contributed by atoms with Crippen molar-refractivity contribution in [3.8, 4) is 11.1 Å². The van der Waals surface area contributed by atoms with Crippen molar-refractivity contribution in [1.29, 1.82) is 0 Å². The molecule has 0 atom stereocenters. The first kappa shape index (κ1) is 14.7. The highest BCUT2D eigenvalue weighted by Crippen LogP contribution is 2.40. The third kappa shape index (κ3) is 2.23. The number of hydrogen-bond donors (Lipinski definition) is 0. The van der Waals surface area contributed by atoms with Gasteiger partial charge in [-0.1, -0.05) is 86.0 Å². The number of hydrogen-bond acceptors (Lipinski definition) is 0. The van der Waals surface area contributed by atoms with Crippen LogP contribution in [0.5, 0.6) is 0 Å². The van der Waals surface area contributed by atoms with Crippen molar-refractivity contribution in [3.05, 3.63) is 90.0 Å². The van der Waals surface area contributed by atoms with Gasteiger partial charge in [0.1, 0.15) is 0 Å². The van der Waals surface area contributed by atoms with Gasteiger partial charge >= 0.3 is 0 Å². The molecule has 0 N–H and O–H groups in total. The van der Waals surface area contributed by atoms with Crippen LogP contribution in [0.25, 0.3) is 40.1 Å². The van der Waals surface area contributed by atoms with Crippen LogP contribution in [0.4, 0.5) is 0 Å². The lowest BCUT2D eigenvalue weighted by Gasteiger charge is -2.21. The summed E-state index contributed by atoms with van der Waals surface area (Å²) in [5, 5.41) is 2.54. The van der Waals surface area contributed by atoms with Gasteiger partial charge in [-0.05, 0) is 57.0 Å². The van der Waals surface area contributed by atoms with E-state index in [-0.39, 0.29) is 0 Å². The van der Waals surface area contributed by atoms with Crippen LogP contribution in [-0.4, -0.2) is 0 Å². The molecule has 4 rings (SSSR count). The first-order valence-electron chi connectivity index (χ1n) is 8.43. The molecule has 0 unspecified atom stereocenters. The Hall–Kier alpha value is -2.86. The van der Waals surface area contributed by atoms with Crippen molar-refractivity contribution in [2.75, 3.05) is 0 Å². The molecule has 0 aromatic heterocycles. The van der Waals surface area contributed by atoms with Crippen LogP contribution in [0.3, 0.4) is 0 Å². The van der Waals surface area contributed by atoms with Gasteiger partial charge in [0.25, 0.3) is 0 Å². The molecule has 3 aromatic rings. The molecule has 1 aliphatic rings. The fourth-order valence-electron chi connectivity index (χ4n) is 3.75. The number of rotatable bonds is 3. The maximum atomic E-state index is 4.06. The van der Waals surface area contributed by atoms with Crippen molar-refractivity contribution in [1.82, 2.24) is 0 Å². The molecular formula is C24H20. The molecule has 0 heteroatoms. The van der Waals surface area contributed by atoms with Crippen molar-refractivity contribution in [2.45, 2.75) is 12.8 Å². The standard InChI is InChI=1S/C24H20/c1-3-17-13-15-19-9-5-7-11-21(19)23(17)24-18(4-2)14-16-20-10-6-8-12-22(20)24/h3-7,9-11,13-16H,1-2,8,12H2. The Bertz CT molecular complexity index is 986. The summed E-state index contributed by atoms with van der Waals surface area (Å²) in [6.07, 6.45) is 10.6. The van der Waals surface area contributed by atoms with Crippen molar-refractivity contribution in [2.24, 2.45) is 0 Å². The molecular weight excluding hydrogens is 288 g/mol. The van der Waals surface area contributed by atoms with E-state index in [1.54, 1.807) is 0 Å². The van der Waals surface area contributed by atoms with Crippen LogP contribution >= 0.6 is 0 Å². The minimum atomic E-state index is 1.07. The van der Waals surface area contributed by atoms with E-state index < -0.39 is 0 Å². The molecule has 0 amide bonds. The molecule has 0 spiro atoms. The van der Waals surface area contributed by atoms with Crippen LogP contribution in [0, 0.1) is 0 Å². The maximum absolute atomic E-state index is 4.06. The Morgan fingerprint density at radius 2 is 1.54 bits per heavy atom. The Morgan fingerprint density at radius 3 is 2.38 bits per heavy atom. The van der Waals surface area contributed by atoms with E-state index in [1.165, 1.54) is 44.2 Å². The Balaban J connectivity index is 2.17. The maximum Gasteiger partial charge on any atom is -0.00240 e. The zero-order chi connectivity index (χ0) is 16.5. The third-order valence-electron chi connectivity index (χ3n) is 4.89. The van der Waals surface area contributed by atoms with Gasteiger partial charge in [-0.3, -0.25) is 0 Å². The molecule has 0 fully saturated rings. The summed E-state index contributed by atoms with van der Waals surface area (Å²) in [4.78, 5) is 0. The van der Waals surface area contributed by atoms with E-state index in [4.69, 9.17) is 0 Å². The van der Waals surface area contributed by atoms with Gasteiger partial charge in [-0.15, -0.1) is 0 Å². The van der Waals surface area contributed by atoms with Crippen molar-refractivity contribution in [3.63, 3.8) is 0 Å². The highest BCUT2D eigenvalue weighted by atomic mass is 14.2. The summed E-state index contributed by atoms with van der Waals surface area (Å²) in [5.41, 5.74) is 7.73. The lowest BCUT2D eigenvalue weighted by Crippen LogP contribution is -2.01. The molecule has 0 heterocycles. The van der Waals surface area contributed by atoms with Crippen molar-refractivity contribution >= 4 is 29.0 Å². The fraction of sp³-hybridized carbons (Fsp3) is 0.0833. The molecule has 0 nitrogen and oxygen atoms in total. The van der Waals surface area contributed by atoms with Crippen LogP contribution in [0.1, 0.15) is 28.7 Å². The van der Waals surface area contributed by atoms with E-state index >= 15 is 0 Å². The molecule has 0 bridgehead atoms. The molecule has 1 aliphatic carbocycles. The average Bonchev–Trinajstić information content (AvgIpc) is 2.66. The lowest BCUT2D eigenvalue weighted by molar-refractivity contribution is 0.987. The second-order valence-electron chi connectivity index (χ2n) is 6.20. The topological polar surface area (TPSA) is 0 Å². The van der Waals surface area contributed by atoms with E-state index in [0.717, 1.165) is 12.8 Å². The van der Waals surface area contributed by atoms with E-state index in [1.807, 2.05) is 12.2 Å². The molecule has 24 heavy (non-hydrogen) atoms. The van der Waals surface area contributed by atoms with E-state index in [0.29, 0.717) is 0 Å². The Labute approximate surface area is 143 Å². The van der Waals surface area contributed by atoms with E-state index in [9.17, 15) is 0 Å². The molecule has 3 aromatic carbocycles. The smallest absolute Gasteiger partial charge is 0.00240 e.